The normalized spacial score (nSPS) is 22.4. The van der Waals surface area contributed by atoms with Gasteiger partial charge in [-0.25, -0.2) is 14.8 Å². The lowest BCUT2D eigenvalue weighted by molar-refractivity contribution is -0.155. The zero-order chi connectivity index (χ0) is 55.9. The van der Waals surface area contributed by atoms with Gasteiger partial charge in [-0.3, -0.25) is 34.1 Å². The number of alkyl halides is 6. The highest BCUT2D eigenvalue weighted by atomic mass is 32.1. The molecule has 8 rings (SSSR count). The Morgan fingerprint density at radius 3 is 2.40 bits per heavy atom. The van der Waals surface area contributed by atoms with Crippen molar-refractivity contribution in [3.05, 3.63) is 51.9 Å². The minimum absolute atomic E-state index is 0.0640. The van der Waals surface area contributed by atoms with E-state index in [1.165, 1.54) is 33.8 Å². The molecular weight excluding hydrogens is 1040 g/mol. The standard InChI is InChI=1S/C54H66F7N9O6S/c1-9-69-43-23-39(55)36-22-35(43)38(47(69)37-21-34(26-62-45(37)31(4)75-8)68-17-15-67(16-18-68)28-54(59,60)61)25-52(5,6)29-76-51(74)40-11-10-14-70(65-40)50(73)41(24-44-63-42(36)27-77-44)64-48(71)46(30(2)3)66(7)49(72)33-19-32(20-33)12-13-53(56,57)58/h21-23,26-27,30-33,40-41,46,65H,9-11,14-20,24-25,28-29H2,1-8H3,(H,64,71)/t31-,32?,33?,40-,41-,46-/m0/s1. The molecule has 2 saturated heterocycles. The van der Waals surface area contributed by atoms with Gasteiger partial charge in [-0.1, -0.05) is 33.6 Å². The van der Waals surface area contributed by atoms with Gasteiger partial charge in [-0.2, -0.15) is 26.3 Å². The number of piperazine rings is 1. The van der Waals surface area contributed by atoms with Crippen molar-refractivity contribution in [2.45, 2.75) is 123 Å². The number of carbonyl (C=O) groups is 4. The highest BCUT2D eigenvalue weighted by Gasteiger charge is 2.42. The van der Waals surface area contributed by atoms with Gasteiger partial charge in [-0.15, -0.1) is 11.3 Å². The van der Waals surface area contributed by atoms with Crippen molar-refractivity contribution >= 4 is 51.6 Å². The quantitative estimate of drug-likeness (QED) is 0.0851. The summed E-state index contributed by atoms with van der Waals surface area (Å²) in [6.45, 7) is 11.7. The highest BCUT2D eigenvalue weighted by Crippen LogP contribution is 2.44. The molecule has 2 N–H and O–H groups in total. The van der Waals surface area contributed by atoms with Gasteiger partial charge in [0.05, 0.1) is 58.7 Å². The minimum atomic E-state index is -4.65. The molecule has 15 nitrogen and oxygen atoms in total. The molecule has 6 bridgehead atoms. The molecule has 6 heterocycles. The van der Waals surface area contributed by atoms with E-state index in [2.05, 4.69) is 16.7 Å². The third-order valence-electron chi connectivity index (χ3n) is 15.0. The maximum atomic E-state index is 17.0. The van der Waals surface area contributed by atoms with E-state index in [4.69, 9.17) is 19.4 Å². The summed E-state index contributed by atoms with van der Waals surface area (Å²) in [6, 6.07) is 1.84. The number of amides is 3. The third kappa shape index (κ3) is 13.0. The molecule has 1 aliphatic carbocycles. The number of ether oxygens (including phenoxy) is 2. The average Bonchev–Trinajstić information content (AvgIpc) is 3.96. The summed E-state index contributed by atoms with van der Waals surface area (Å²) in [5, 5.41) is 6.87. The molecular formula is C54H66F7N9O6S. The first-order valence-corrected chi connectivity index (χ1v) is 26.9. The van der Waals surface area contributed by atoms with Crippen LogP contribution in [0.3, 0.4) is 0 Å². The second-order valence-corrected chi connectivity index (χ2v) is 22.7. The predicted molar refractivity (Wildman–Crippen MR) is 275 cm³/mol. The fraction of sp³-hybridized carbons (Fsp3) is 0.593. The number of pyridine rings is 1. The number of aromatic nitrogens is 3. The molecule has 1 saturated carbocycles. The number of hydrogen-bond acceptors (Lipinski definition) is 12. The number of anilines is 1. The maximum absolute atomic E-state index is 17.0. The van der Waals surface area contributed by atoms with Gasteiger partial charge in [0, 0.05) is 105 Å². The molecule has 0 unspecified atom stereocenters. The number of methoxy groups -OCH3 is 1. The van der Waals surface area contributed by atoms with E-state index in [-0.39, 0.29) is 56.8 Å². The third-order valence-corrected chi connectivity index (χ3v) is 15.9. The van der Waals surface area contributed by atoms with Crippen LogP contribution in [0.1, 0.15) is 89.6 Å². The van der Waals surface area contributed by atoms with Crippen LogP contribution in [-0.2, 0) is 48.0 Å². The molecule has 4 atom stereocenters. The van der Waals surface area contributed by atoms with Gasteiger partial charge in [0.25, 0.3) is 5.91 Å². The van der Waals surface area contributed by atoms with Crippen LogP contribution in [0, 0.1) is 40.8 Å². The molecule has 3 fully saturated rings. The second kappa shape index (κ2) is 22.9. The number of cyclic esters (lactones) is 1. The number of benzene rings is 1. The molecule has 3 aromatic heterocycles. The Kier molecular flexibility index (Phi) is 17.0. The number of likely N-dealkylation sites (N-methyl/N-ethyl adjacent to an activating group) is 1. The van der Waals surface area contributed by atoms with E-state index in [1.54, 1.807) is 38.6 Å². The van der Waals surface area contributed by atoms with Crippen LogP contribution in [0.2, 0.25) is 0 Å². The number of thiazole rings is 1. The fourth-order valence-electron chi connectivity index (χ4n) is 11.0. The van der Waals surface area contributed by atoms with Crippen LogP contribution >= 0.6 is 11.3 Å². The zero-order valence-corrected chi connectivity index (χ0v) is 45.3. The monoisotopic (exact) mass is 1100 g/mol. The van der Waals surface area contributed by atoms with Crippen molar-refractivity contribution in [1.29, 1.82) is 0 Å². The first kappa shape index (κ1) is 57.3. The topological polar surface area (TPSA) is 154 Å². The van der Waals surface area contributed by atoms with E-state index >= 15 is 4.39 Å². The maximum Gasteiger partial charge on any atom is 0.457 e. The van der Waals surface area contributed by atoms with Gasteiger partial charge >= 0.3 is 18.3 Å². The Morgan fingerprint density at radius 1 is 1.04 bits per heavy atom. The average molecular weight is 1100 g/mol. The summed E-state index contributed by atoms with van der Waals surface area (Å²) in [4.78, 5) is 71.3. The zero-order valence-electron chi connectivity index (χ0n) is 44.5. The molecule has 4 aromatic rings. The van der Waals surface area contributed by atoms with Crippen molar-refractivity contribution in [2.75, 3.05) is 64.9 Å². The lowest BCUT2D eigenvalue weighted by Crippen LogP contribution is -2.62. The predicted octanol–water partition coefficient (Wildman–Crippen LogP) is 8.10. The number of fused-ring (bicyclic) bond motifs is 6. The number of rotatable bonds is 11. The summed E-state index contributed by atoms with van der Waals surface area (Å²) in [5.41, 5.74) is 6.75. The van der Waals surface area contributed by atoms with Gasteiger partial charge in [-0.05, 0) is 75.6 Å². The Balaban J connectivity index is 1.18. The number of halogens is 7. The molecule has 3 amide bonds. The van der Waals surface area contributed by atoms with Crippen LogP contribution in [-0.4, -0.2) is 144 Å². The van der Waals surface area contributed by atoms with Crippen LogP contribution in [0.15, 0.2) is 29.8 Å². The number of nitrogens with one attached hydrogen (secondary N) is 2. The summed E-state index contributed by atoms with van der Waals surface area (Å²) < 4.78 is 109. The SMILES string of the molecule is CCn1c(-c2cc(N3CCN(CC(F)(F)F)CC3)cnc2[C@H](C)OC)c2c3cc(c(F)cc31)-c1csc(n1)C[C@H](NC(=O)[C@H](C(C)C)N(C)C(=O)C1CC(C#CC(F)(F)F)C1)C(=O)N1CCC[C@H](N1)C(=O)OCC(C)(C)C2. The van der Waals surface area contributed by atoms with E-state index in [9.17, 15) is 45.5 Å². The van der Waals surface area contributed by atoms with E-state index in [1.807, 2.05) is 43.2 Å². The Bertz CT molecular complexity index is 2920. The molecule has 1 aromatic carbocycles. The van der Waals surface area contributed by atoms with Crippen molar-refractivity contribution in [2.24, 2.45) is 23.2 Å². The van der Waals surface area contributed by atoms with Crippen LogP contribution in [0.4, 0.5) is 36.4 Å². The molecule has 77 heavy (non-hydrogen) atoms. The number of aryl methyl sites for hydroxylation is 1. The lowest BCUT2D eigenvalue weighted by atomic mass is 9.74. The smallest absolute Gasteiger partial charge is 0.457 e. The summed E-state index contributed by atoms with van der Waals surface area (Å²) >= 11 is 1.16. The molecule has 0 radical (unpaired) electrons. The molecule has 3 aliphatic heterocycles. The van der Waals surface area contributed by atoms with Gasteiger partial charge in [0.2, 0.25) is 11.8 Å². The minimum Gasteiger partial charge on any atom is -0.464 e. The first-order chi connectivity index (χ1) is 36.2. The first-order valence-electron chi connectivity index (χ1n) is 26.0. The number of hydrazine groups is 1. The fourth-order valence-corrected chi connectivity index (χ4v) is 11.8. The molecule has 0 spiro atoms. The van der Waals surface area contributed by atoms with Crippen molar-refractivity contribution in [1.82, 2.24) is 40.1 Å². The molecule has 23 heteroatoms. The number of carbonyl (C=O) groups excluding carboxylic acids is 4. The summed E-state index contributed by atoms with van der Waals surface area (Å²) in [6.07, 6.45) is -6.69. The van der Waals surface area contributed by atoms with Crippen LogP contribution in [0.25, 0.3) is 33.4 Å². The van der Waals surface area contributed by atoms with Crippen molar-refractivity contribution in [3.63, 3.8) is 0 Å². The Labute approximate surface area is 447 Å². The van der Waals surface area contributed by atoms with Crippen molar-refractivity contribution in [3.8, 4) is 34.4 Å². The molecule has 418 valence electrons. The Hall–Kier alpha value is -5.83. The van der Waals surface area contributed by atoms with E-state index in [0.29, 0.717) is 71.8 Å². The lowest BCUT2D eigenvalue weighted by Gasteiger charge is -2.39. The number of hydrogen-bond donors (Lipinski definition) is 2. The van der Waals surface area contributed by atoms with Crippen molar-refractivity contribution < 1.29 is 59.4 Å². The van der Waals surface area contributed by atoms with E-state index in [0.717, 1.165) is 22.6 Å². The summed E-state index contributed by atoms with van der Waals surface area (Å²) in [5.74, 6) is -1.17. The largest absolute Gasteiger partial charge is 0.464 e. The van der Waals surface area contributed by atoms with Gasteiger partial charge in [0.15, 0.2) is 0 Å². The van der Waals surface area contributed by atoms with Crippen LogP contribution in [0.5, 0.6) is 0 Å². The van der Waals surface area contributed by atoms with E-state index < -0.39 is 95.8 Å². The number of nitrogens with zero attached hydrogens (tertiary/aromatic N) is 7. The van der Waals surface area contributed by atoms with Gasteiger partial charge in [0.1, 0.15) is 23.9 Å². The van der Waals surface area contributed by atoms with Crippen LogP contribution < -0.4 is 15.6 Å². The van der Waals surface area contributed by atoms with Gasteiger partial charge < -0.3 is 29.2 Å². The second-order valence-electron chi connectivity index (χ2n) is 21.7. The highest BCUT2D eigenvalue weighted by molar-refractivity contribution is 7.10. The Morgan fingerprint density at radius 2 is 1.75 bits per heavy atom. The number of esters is 1. The molecule has 4 aliphatic rings. The summed E-state index contributed by atoms with van der Waals surface area (Å²) in [7, 11) is 3.01.